The molecule has 1 N–H and O–H groups in total. The van der Waals surface area contributed by atoms with Crippen molar-refractivity contribution >= 4 is 29.0 Å². The summed E-state index contributed by atoms with van der Waals surface area (Å²) in [7, 11) is 1.69. The second kappa shape index (κ2) is 13.7. The lowest BCUT2D eigenvalue weighted by molar-refractivity contribution is -0.141. The summed E-state index contributed by atoms with van der Waals surface area (Å²) in [5.74, 6) is -0.595. The van der Waals surface area contributed by atoms with Gasteiger partial charge in [0.15, 0.2) is 11.1 Å². The number of amides is 3. The fourth-order valence-corrected chi connectivity index (χ4v) is 4.88. The highest BCUT2D eigenvalue weighted by Crippen LogP contribution is 2.26. The number of nitrogens with one attached hydrogen (secondary N) is 1. The largest absolute Gasteiger partial charge is 0.444 e. The van der Waals surface area contributed by atoms with Crippen LogP contribution in [0.25, 0.3) is 0 Å². The Balaban J connectivity index is 3.20. The fourth-order valence-electron chi connectivity index (χ4n) is 4.23. The van der Waals surface area contributed by atoms with Crippen LogP contribution >= 0.6 is 0 Å². The van der Waals surface area contributed by atoms with E-state index in [0.29, 0.717) is 24.5 Å². The van der Waals surface area contributed by atoms with E-state index in [1.807, 2.05) is 34.6 Å². The molecular formula is C27H49N3O6S. The number of likely N-dealkylation sites (N-methyl/N-ethyl adjacent to an activating group) is 1. The van der Waals surface area contributed by atoms with E-state index in [-0.39, 0.29) is 23.8 Å². The van der Waals surface area contributed by atoms with Gasteiger partial charge in [0.2, 0.25) is 11.8 Å². The van der Waals surface area contributed by atoms with Crippen LogP contribution < -0.4 is 5.32 Å². The van der Waals surface area contributed by atoms with Crippen molar-refractivity contribution in [3.8, 4) is 0 Å². The molecule has 0 radical (unpaired) electrons. The molecule has 0 bridgehead atoms. The molecule has 0 spiro atoms. The molecule has 0 saturated carbocycles. The standard InChI is InChI=1S/C27H49N3O6S/c1-12-35-37(34)19(4)17-21(18(2)3)29(11)24(32)22(26(5,6)7)28-23(31)20-15-13-14-16-30(20)25(33)36-27(8,9)10/h17-18,20-22H,12-16H2,1-11H3,(H,28,31)/t20?,21-,22-,37?/m1/s1. The van der Waals surface area contributed by atoms with Gasteiger partial charge in [0.1, 0.15) is 17.7 Å². The summed E-state index contributed by atoms with van der Waals surface area (Å²) in [4.78, 5) is 43.7. The number of hydrogen-bond donors (Lipinski definition) is 1. The first-order valence-electron chi connectivity index (χ1n) is 13.2. The van der Waals surface area contributed by atoms with Crippen molar-refractivity contribution < 1.29 is 27.5 Å². The second-order valence-corrected chi connectivity index (χ2v) is 13.4. The van der Waals surface area contributed by atoms with Crippen LogP contribution in [0.5, 0.6) is 0 Å². The monoisotopic (exact) mass is 543 g/mol. The molecule has 1 saturated heterocycles. The van der Waals surface area contributed by atoms with E-state index in [2.05, 4.69) is 5.32 Å². The Hall–Kier alpha value is -1.94. The number of carbonyl (C=O) groups is 3. The Morgan fingerprint density at radius 2 is 1.73 bits per heavy atom. The number of nitrogens with zero attached hydrogens (tertiary/aromatic N) is 2. The number of ether oxygens (including phenoxy) is 1. The molecule has 1 aliphatic rings. The molecule has 0 aliphatic carbocycles. The number of likely N-dealkylation sites (tertiary alicyclic amines) is 1. The Bertz CT molecular complexity index is 859. The average molecular weight is 544 g/mol. The molecule has 1 fully saturated rings. The summed E-state index contributed by atoms with van der Waals surface area (Å²) in [6.07, 6.45) is 3.37. The average Bonchev–Trinajstić information content (AvgIpc) is 2.77. The maximum absolute atomic E-state index is 13.8. The van der Waals surface area contributed by atoms with Crippen LogP contribution in [0.15, 0.2) is 11.0 Å². The van der Waals surface area contributed by atoms with Gasteiger partial charge in [0.25, 0.3) is 0 Å². The number of piperidine rings is 1. The minimum atomic E-state index is -1.58. The molecule has 3 amide bonds. The van der Waals surface area contributed by atoms with Gasteiger partial charge in [-0.05, 0) is 71.3 Å². The predicted molar refractivity (Wildman–Crippen MR) is 147 cm³/mol. The van der Waals surface area contributed by atoms with Gasteiger partial charge in [-0.2, -0.15) is 0 Å². The second-order valence-electron chi connectivity index (χ2n) is 12.1. The van der Waals surface area contributed by atoms with Crippen molar-refractivity contribution in [1.29, 1.82) is 0 Å². The lowest BCUT2D eigenvalue weighted by Gasteiger charge is -2.40. The summed E-state index contributed by atoms with van der Waals surface area (Å²) in [6, 6.07) is -1.89. The van der Waals surface area contributed by atoms with Gasteiger partial charge in [-0.3, -0.25) is 18.7 Å². The number of carbonyl (C=O) groups excluding carboxylic acids is 3. The van der Waals surface area contributed by atoms with Gasteiger partial charge in [0.05, 0.1) is 12.6 Å². The van der Waals surface area contributed by atoms with Gasteiger partial charge >= 0.3 is 6.09 Å². The highest BCUT2D eigenvalue weighted by Gasteiger charge is 2.41. The first-order chi connectivity index (χ1) is 16.9. The van der Waals surface area contributed by atoms with E-state index in [0.717, 1.165) is 12.8 Å². The quantitative estimate of drug-likeness (QED) is 0.462. The Morgan fingerprint density at radius 3 is 2.22 bits per heavy atom. The van der Waals surface area contributed by atoms with Crippen molar-refractivity contribution in [3.05, 3.63) is 11.0 Å². The Morgan fingerprint density at radius 1 is 1.14 bits per heavy atom. The molecule has 2 unspecified atom stereocenters. The number of allylic oxidation sites excluding steroid dienone is 1. The normalized spacial score (nSPS) is 19.7. The van der Waals surface area contributed by atoms with E-state index >= 15 is 0 Å². The smallest absolute Gasteiger partial charge is 0.410 e. The SMILES string of the molecule is CCOS(=O)C(C)=C[C@H](C(C)C)N(C)C(=O)[C@@H](NC(=O)C1CCCCN1C(=O)OC(C)(C)C)C(C)(C)C. The predicted octanol–water partition coefficient (Wildman–Crippen LogP) is 4.39. The molecule has 10 heteroatoms. The first-order valence-corrected chi connectivity index (χ1v) is 14.3. The number of hydrogen-bond acceptors (Lipinski definition) is 6. The summed E-state index contributed by atoms with van der Waals surface area (Å²) in [5.41, 5.74) is -1.27. The van der Waals surface area contributed by atoms with Crippen LogP contribution in [0.1, 0.15) is 88.5 Å². The van der Waals surface area contributed by atoms with Gasteiger partial charge in [-0.15, -0.1) is 0 Å². The van der Waals surface area contributed by atoms with Gasteiger partial charge in [-0.1, -0.05) is 34.6 Å². The lowest BCUT2D eigenvalue weighted by atomic mass is 9.84. The van der Waals surface area contributed by atoms with E-state index in [4.69, 9.17) is 8.92 Å². The zero-order valence-corrected chi connectivity index (χ0v) is 25.5. The van der Waals surface area contributed by atoms with E-state index in [1.165, 1.54) is 4.90 Å². The highest BCUT2D eigenvalue weighted by molar-refractivity contribution is 7.84. The van der Waals surface area contributed by atoms with Crippen molar-refractivity contribution in [2.75, 3.05) is 20.2 Å². The molecule has 1 heterocycles. The molecule has 1 rings (SSSR count). The maximum Gasteiger partial charge on any atom is 0.410 e. The summed E-state index contributed by atoms with van der Waals surface area (Å²) >= 11 is -1.58. The van der Waals surface area contributed by atoms with E-state index < -0.39 is 40.3 Å². The van der Waals surface area contributed by atoms with Crippen LogP contribution in [0.3, 0.4) is 0 Å². The van der Waals surface area contributed by atoms with Crippen molar-refractivity contribution in [2.24, 2.45) is 11.3 Å². The Kier molecular flexibility index (Phi) is 12.3. The topological polar surface area (TPSA) is 105 Å². The molecule has 0 aromatic rings. The maximum atomic E-state index is 13.8. The minimum absolute atomic E-state index is 0.0276. The molecule has 4 atom stereocenters. The third-order valence-electron chi connectivity index (χ3n) is 6.20. The van der Waals surface area contributed by atoms with Crippen LogP contribution in [-0.4, -0.2) is 75.8 Å². The zero-order chi connectivity index (χ0) is 28.7. The molecule has 1 aliphatic heterocycles. The molecule has 0 aromatic heterocycles. The third kappa shape index (κ3) is 10.0. The molecule has 0 aromatic carbocycles. The molecular weight excluding hydrogens is 494 g/mol. The molecule has 37 heavy (non-hydrogen) atoms. The molecule has 214 valence electrons. The zero-order valence-electron chi connectivity index (χ0n) is 24.7. The minimum Gasteiger partial charge on any atom is -0.444 e. The summed E-state index contributed by atoms with van der Waals surface area (Å²) in [6.45, 7) is 19.3. The fraction of sp³-hybridized carbons (Fsp3) is 0.815. The van der Waals surface area contributed by atoms with Crippen molar-refractivity contribution in [1.82, 2.24) is 15.1 Å². The summed E-state index contributed by atoms with van der Waals surface area (Å²) < 4.78 is 23.0. The van der Waals surface area contributed by atoms with E-state index in [9.17, 15) is 18.6 Å². The molecule has 9 nitrogen and oxygen atoms in total. The summed E-state index contributed by atoms with van der Waals surface area (Å²) in [5, 5.41) is 2.96. The van der Waals surface area contributed by atoms with Crippen LogP contribution in [0, 0.1) is 11.3 Å². The lowest BCUT2D eigenvalue weighted by Crippen LogP contribution is -2.60. The van der Waals surface area contributed by atoms with Crippen LogP contribution in [0.4, 0.5) is 4.79 Å². The van der Waals surface area contributed by atoms with Gasteiger partial charge in [-0.25, -0.2) is 9.00 Å². The first kappa shape index (κ1) is 33.1. The van der Waals surface area contributed by atoms with E-state index in [1.54, 1.807) is 52.6 Å². The third-order valence-corrected chi connectivity index (χ3v) is 7.32. The highest BCUT2D eigenvalue weighted by atomic mass is 32.2. The number of rotatable bonds is 9. The van der Waals surface area contributed by atoms with Gasteiger partial charge < -0.3 is 15.0 Å². The Labute approximate surface area is 226 Å². The van der Waals surface area contributed by atoms with Crippen LogP contribution in [0.2, 0.25) is 0 Å². The van der Waals surface area contributed by atoms with Crippen molar-refractivity contribution in [3.63, 3.8) is 0 Å². The van der Waals surface area contributed by atoms with Crippen LogP contribution in [-0.2, 0) is 29.6 Å². The van der Waals surface area contributed by atoms with Crippen molar-refractivity contribution in [2.45, 2.75) is 112 Å². The van der Waals surface area contributed by atoms with Gasteiger partial charge in [0, 0.05) is 18.5 Å².